The van der Waals surface area contributed by atoms with Gasteiger partial charge in [0.1, 0.15) is 5.78 Å². The standard InChI is InChI=1S/C14H19BrO/c1-11(16)14(2,3)10-13-6-4-12(5-7-13)8-9-15/h4-7H,8-10H2,1-3H3. The van der Waals surface area contributed by atoms with Crippen molar-refractivity contribution in [2.75, 3.05) is 5.33 Å². The first-order valence-electron chi connectivity index (χ1n) is 5.60. The first-order chi connectivity index (χ1) is 7.45. The van der Waals surface area contributed by atoms with Gasteiger partial charge in [-0.25, -0.2) is 0 Å². The van der Waals surface area contributed by atoms with E-state index < -0.39 is 0 Å². The molecule has 0 heterocycles. The van der Waals surface area contributed by atoms with Crippen LogP contribution < -0.4 is 0 Å². The van der Waals surface area contributed by atoms with Crippen molar-refractivity contribution in [1.82, 2.24) is 0 Å². The van der Waals surface area contributed by atoms with Crippen molar-refractivity contribution in [3.63, 3.8) is 0 Å². The molecule has 0 N–H and O–H groups in total. The zero-order valence-corrected chi connectivity index (χ0v) is 11.8. The number of halogens is 1. The molecule has 2 heteroatoms. The van der Waals surface area contributed by atoms with Gasteiger partial charge in [0.2, 0.25) is 0 Å². The van der Waals surface area contributed by atoms with Crippen molar-refractivity contribution >= 4 is 21.7 Å². The first-order valence-corrected chi connectivity index (χ1v) is 6.72. The Morgan fingerprint density at radius 2 is 1.69 bits per heavy atom. The van der Waals surface area contributed by atoms with Gasteiger partial charge in [0.25, 0.3) is 0 Å². The van der Waals surface area contributed by atoms with Crippen LogP contribution in [-0.2, 0) is 17.6 Å². The highest BCUT2D eigenvalue weighted by Gasteiger charge is 2.23. The molecule has 0 saturated heterocycles. The highest BCUT2D eigenvalue weighted by molar-refractivity contribution is 9.09. The fourth-order valence-corrected chi connectivity index (χ4v) is 2.03. The monoisotopic (exact) mass is 282 g/mol. The van der Waals surface area contributed by atoms with Crippen molar-refractivity contribution in [3.05, 3.63) is 35.4 Å². The molecule has 1 aromatic carbocycles. The Labute approximate surface area is 106 Å². The molecule has 0 fully saturated rings. The minimum absolute atomic E-state index is 0.247. The Morgan fingerprint density at radius 1 is 1.19 bits per heavy atom. The molecule has 0 aliphatic carbocycles. The van der Waals surface area contributed by atoms with Crippen LogP contribution in [0, 0.1) is 5.41 Å². The normalized spacial score (nSPS) is 11.5. The third kappa shape index (κ3) is 3.75. The molecule has 0 amide bonds. The third-order valence-electron chi connectivity index (χ3n) is 3.01. The van der Waals surface area contributed by atoms with E-state index >= 15 is 0 Å². The minimum Gasteiger partial charge on any atom is -0.299 e. The van der Waals surface area contributed by atoms with Crippen molar-refractivity contribution in [1.29, 1.82) is 0 Å². The Hall–Kier alpha value is -0.630. The van der Waals surface area contributed by atoms with Crippen molar-refractivity contribution < 1.29 is 4.79 Å². The Balaban J connectivity index is 2.72. The zero-order valence-electron chi connectivity index (χ0n) is 10.2. The lowest BCUT2D eigenvalue weighted by molar-refractivity contribution is -0.124. The van der Waals surface area contributed by atoms with Crippen LogP contribution in [0.15, 0.2) is 24.3 Å². The second kappa shape index (κ2) is 5.62. The van der Waals surface area contributed by atoms with Crippen LogP contribution in [-0.4, -0.2) is 11.1 Å². The molecule has 0 radical (unpaired) electrons. The van der Waals surface area contributed by atoms with Crippen LogP contribution >= 0.6 is 15.9 Å². The van der Waals surface area contributed by atoms with E-state index in [1.54, 1.807) is 6.92 Å². The molecule has 0 unspecified atom stereocenters. The Morgan fingerprint density at radius 3 is 2.12 bits per heavy atom. The average Bonchev–Trinajstić information content (AvgIpc) is 2.21. The summed E-state index contributed by atoms with van der Waals surface area (Å²) in [6.45, 7) is 5.67. The second-order valence-electron chi connectivity index (χ2n) is 4.87. The van der Waals surface area contributed by atoms with Crippen LogP contribution in [0.5, 0.6) is 0 Å². The maximum atomic E-state index is 11.4. The molecule has 0 aliphatic rings. The Kier molecular flexibility index (Phi) is 4.72. The van der Waals surface area contributed by atoms with Crippen molar-refractivity contribution in [3.8, 4) is 0 Å². The lowest BCUT2D eigenvalue weighted by atomic mass is 9.82. The van der Waals surface area contributed by atoms with Gasteiger partial charge in [0, 0.05) is 10.7 Å². The van der Waals surface area contributed by atoms with Gasteiger partial charge in [0.15, 0.2) is 0 Å². The largest absolute Gasteiger partial charge is 0.299 e. The predicted molar refractivity (Wildman–Crippen MR) is 72.1 cm³/mol. The molecule has 0 aromatic heterocycles. The van der Waals surface area contributed by atoms with Gasteiger partial charge in [-0.1, -0.05) is 54.0 Å². The van der Waals surface area contributed by atoms with E-state index in [0.717, 1.165) is 18.2 Å². The number of aryl methyl sites for hydroxylation is 1. The van der Waals surface area contributed by atoms with Crippen LogP contribution in [0.2, 0.25) is 0 Å². The summed E-state index contributed by atoms with van der Waals surface area (Å²) in [6.07, 6.45) is 1.87. The maximum absolute atomic E-state index is 11.4. The van der Waals surface area contributed by atoms with Gasteiger partial charge in [0.05, 0.1) is 0 Å². The molecule has 0 bridgehead atoms. The fraction of sp³-hybridized carbons (Fsp3) is 0.500. The van der Waals surface area contributed by atoms with Gasteiger partial charge in [-0.15, -0.1) is 0 Å². The van der Waals surface area contributed by atoms with Gasteiger partial charge < -0.3 is 0 Å². The van der Waals surface area contributed by atoms with Crippen molar-refractivity contribution in [2.45, 2.75) is 33.6 Å². The number of ketones is 1. The third-order valence-corrected chi connectivity index (χ3v) is 3.40. The molecule has 0 atom stereocenters. The van der Waals surface area contributed by atoms with Gasteiger partial charge in [-0.2, -0.15) is 0 Å². The number of hydrogen-bond acceptors (Lipinski definition) is 1. The molecule has 0 spiro atoms. The van der Waals surface area contributed by atoms with Gasteiger partial charge in [-0.05, 0) is 30.9 Å². The lowest BCUT2D eigenvalue weighted by Crippen LogP contribution is -2.24. The van der Waals surface area contributed by atoms with E-state index in [0.29, 0.717) is 0 Å². The smallest absolute Gasteiger partial charge is 0.135 e. The summed E-state index contributed by atoms with van der Waals surface area (Å²) >= 11 is 3.43. The van der Waals surface area contributed by atoms with E-state index in [1.807, 2.05) is 13.8 Å². The molecule has 16 heavy (non-hydrogen) atoms. The number of benzene rings is 1. The number of hydrogen-bond donors (Lipinski definition) is 0. The first kappa shape index (κ1) is 13.4. The summed E-state index contributed by atoms with van der Waals surface area (Å²) in [5.74, 6) is 0.247. The number of rotatable bonds is 5. The zero-order chi connectivity index (χ0) is 12.2. The highest BCUT2D eigenvalue weighted by atomic mass is 79.9. The summed E-state index contributed by atoms with van der Waals surface area (Å²) in [4.78, 5) is 11.4. The number of carbonyl (C=O) groups is 1. The van der Waals surface area contributed by atoms with Crippen LogP contribution in [0.4, 0.5) is 0 Å². The summed E-state index contributed by atoms with van der Waals surface area (Å²) in [7, 11) is 0. The van der Waals surface area contributed by atoms with E-state index in [2.05, 4.69) is 40.2 Å². The maximum Gasteiger partial charge on any atom is 0.135 e. The predicted octanol–water partition coefficient (Wildman–Crippen LogP) is 3.78. The molecule has 1 aromatic rings. The van der Waals surface area contributed by atoms with E-state index in [1.165, 1.54) is 11.1 Å². The van der Waals surface area contributed by atoms with Crippen LogP contribution in [0.1, 0.15) is 31.9 Å². The lowest BCUT2D eigenvalue weighted by Gasteiger charge is -2.21. The molecular formula is C14H19BrO. The molecule has 88 valence electrons. The topological polar surface area (TPSA) is 17.1 Å². The number of alkyl halides is 1. The quantitative estimate of drug-likeness (QED) is 0.751. The van der Waals surface area contributed by atoms with E-state index in [-0.39, 0.29) is 11.2 Å². The van der Waals surface area contributed by atoms with Crippen LogP contribution in [0.25, 0.3) is 0 Å². The highest BCUT2D eigenvalue weighted by Crippen LogP contribution is 2.23. The fourth-order valence-electron chi connectivity index (χ4n) is 1.57. The number of carbonyl (C=O) groups excluding carboxylic acids is 1. The van der Waals surface area contributed by atoms with Gasteiger partial charge in [-0.3, -0.25) is 4.79 Å². The summed E-state index contributed by atoms with van der Waals surface area (Å²) < 4.78 is 0. The number of Topliss-reactive ketones (excluding diaryl/α,β-unsaturated/α-hetero) is 1. The molecule has 0 saturated carbocycles. The molecule has 1 nitrogen and oxygen atoms in total. The molecule has 1 rings (SSSR count). The molecule has 0 aliphatic heterocycles. The molecular weight excluding hydrogens is 264 g/mol. The Bertz CT molecular complexity index is 352. The van der Waals surface area contributed by atoms with Crippen LogP contribution in [0.3, 0.4) is 0 Å². The average molecular weight is 283 g/mol. The van der Waals surface area contributed by atoms with Gasteiger partial charge >= 0.3 is 0 Å². The van der Waals surface area contributed by atoms with Crippen molar-refractivity contribution in [2.24, 2.45) is 5.41 Å². The SMILES string of the molecule is CC(=O)C(C)(C)Cc1ccc(CCBr)cc1. The summed E-state index contributed by atoms with van der Waals surface area (Å²) in [6, 6.07) is 8.55. The second-order valence-corrected chi connectivity index (χ2v) is 5.67. The van der Waals surface area contributed by atoms with E-state index in [9.17, 15) is 4.79 Å². The summed E-state index contributed by atoms with van der Waals surface area (Å²) in [5, 5.41) is 0.991. The summed E-state index contributed by atoms with van der Waals surface area (Å²) in [5.41, 5.74) is 2.32. The van der Waals surface area contributed by atoms with E-state index in [4.69, 9.17) is 0 Å². The minimum atomic E-state index is -0.253.